The molecule has 2 rings (SSSR count). The number of hydrogen-bond acceptors (Lipinski definition) is 5. The summed E-state index contributed by atoms with van der Waals surface area (Å²) in [4.78, 5) is 36.1. The third kappa shape index (κ3) is 6.00. The molecule has 7 nitrogen and oxygen atoms in total. The predicted molar refractivity (Wildman–Crippen MR) is 101 cm³/mol. The van der Waals surface area contributed by atoms with Gasteiger partial charge in [-0.1, -0.05) is 23.7 Å². The molecule has 8 heteroatoms. The monoisotopic (exact) mass is 390 g/mol. The molecule has 0 saturated carbocycles. The van der Waals surface area contributed by atoms with Crippen molar-refractivity contribution in [1.29, 1.82) is 0 Å². The maximum atomic E-state index is 12.1. The maximum absolute atomic E-state index is 12.1. The summed E-state index contributed by atoms with van der Waals surface area (Å²) in [5.41, 5.74) is 0.818. The molecule has 0 aliphatic rings. The second-order valence-electron chi connectivity index (χ2n) is 5.51. The zero-order valence-corrected chi connectivity index (χ0v) is 15.6. The summed E-state index contributed by atoms with van der Waals surface area (Å²) in [7, 11) is 1.45. The number of amides is 2. The van der Waals surface area contributed by atoms with E-state index in [0.29, 0.717) is 22.0 Å². The number of hydrogen-bond donors (Lipinski definition) is 2. The Labute approximate surface area is 161 Å². The lowest BCUT2D eigenvalue weighted by atomic mass is 10.2. The molecule has 0 bridgehead atoms. The van der Waals surface area contributed by atoms with Crippen molar-refractivity contribution in [1.82, 2.24) is 5.32 Å². The second kappa shape index (κ2) is 9.59. The van der Waals surface area contributed by atoms with Crippen molar-refractivity contribution < 1.29 is 23.9 Å². The Morgan fingerprint density at radius 2 is 1.74 bits per heavy atom. The lowest BCUT2D eigenvalue weighted by Gasteiger charge is -2.14. The van der Waals surface area contributed by atoms with E-state index in [0.717, 1.165) is 0 Å². The van der Waals surface area contributed by atoms with E-state index >= 15 is 0 Å². The number of para-hydroxylation sites is 1. The van der Waals surface area contributed by atoms with Gasteiger partial charge in [0.25, 0.3) is 11.8 Å². The van der Waals surface area contributed by atoms with Crippen LogP contribution < -0.4 is 15.4 Å². The van der Waals surface area contributed by atoms with Crippen LogP contribution in [0.2, 0.25) is 5.02 Å². The Kier molecular flexibility index (Phi) is 7.19. The quantitative estimate of drug-likeness (QED) is 0.709. The van der Waals surface area contributed by atoms with Crippen LogP contribution in [0.4, 0.5) is 5.69 Å². The SMILES string of the molecule is COc1ccccc1C(=O)NCC(=O)O[C@@H](C)C(=O)Nc1ccc(Cl)cc1. The van der Waals surface area contributed by atoms with E-state index in [2.05, 4.69) is 10.6 Å². The van der Waals surface area contributed by atoms with Crippen LogP contribution >= 0.6 is 11.6 Å². The Bertz CT molecular complexity index is 823. The minimum absolute atomic E-state index is 0.293. The fourth-order valence-corrected chi connectivity index (χ4v) is 2.28. The van der Waals surface area contributed by atoms with Gasteiger partial charge >= 0.3 is 5.97 Å². The van der Waals surface area contributed by atoms with Crippen molar-refractivity contribution in [3.05, 3.63) is 59.1 Å². The molecule has 0 aliphatic heterocycles. The van der Waals surface area contributed by atoms with E-state index in [9.17, 15) is 14.4 Å². The highest BCUT2D eigenvalue weighted by Gasteiger charge is 2.19. The van der Waals surface area contributed by atoms with Gasteiger partial charge < -0.3 is 20.1 Å². The highest BCUT2D eigenvalue weighted by molar-refractivity contribution is 6.30. The van der Waals surface area contributed by atoms with Gasteiger partial charge in [0.2, 0.25) is 0 Å². The number of carbonyl (C=O) groups is 3. The van der Waals surface area contributed by atoms with Crippen LogP contribution in [0.5, 0.6) is 5.75 Å². The summed E-state index contributed by atoms with van der Waals surface area (Å²) in [6, 6.07) is 13.1. The third-order valence-electron chi connectivity index (χ3n) is 3.53. The number of benzene rings is 2. The highest BCUT2D eigenvalue weighted by atomic mass is 35.5. The normalized spacial score (nSPS) is 11.2. The van der Waals surface area contributed by atoms with Gasteiger partial charge in [-0.05, 0) is 43.3 Å². The number of ether oxygens (including phenoxy) is 2. The van der Waals surface area contributed by atoms with Gasteiger partial charge in [0, 0.05) is 10.7 Å². The number of rotatable bonds is 7. The molecule has 0 heterocycles. The van der Waals surface area contributed by atoms with E-state index in [1.807, 2.05) is 0 Å². The van der Waals surface area contributed by atoms with Gasteiger partial charge in [0.1, 0.15) is 12.3 Å². The Morgan fingerprint density at radius 3 is 2.41 bits per heavy atom. The molecule has 2 aromatic carbocycles. The highest BCUT2D eigenvalue weighted by Crippen LogP contribution is 2.17. The zero-order valence-electron chi connectivity index (χ0n) is 14.8. The van der Waals surface area contributed by atoms with Gasteiger partial charge in [-0.2, -0.15) is 0 Å². The lowest BCUT2D eigenvalue weighted by Crippen LogP contribution is -2.35. The molecule has 27 heavy (non-hydrogen) atoms. The number of esters is 1. The van der Waals surface area contributed by atoms with E-state index < -0.39 is 23.9 Å². The zero-order chi connectivity index (χ0) is 19.8. The first-order chi connectivity index (χ1) is 12.9. The molecular formula is C19H19ClN2O5. The average molecular weight is 391 g/mol. The summed E-state index contributed by atoms with van der Waals surface area (Å²) in [6.07, 6.45) is -1.03. The average Bonchev–Trinajstić information content (AvgIpc) is 2.67. The largest absolute Gasteiger partial charge is 0.496 e. The fraction of sp³-hybridized carbons (Fsp3) is 0.211. The number of halogens is 1. The molecule has 0 spiro atoms. The van der Waals surface area contributed by atoms with Crippen LogP contribution in [0.1, 0.15) is 17.3 Å². The Hall–Kier alpha value is -3.06. The van der Waals surface area contributed by atoms with Crippen molar-refractivity contribution in [2.24, 2.45) is 0 Å². The van der Waals surface area contributed by atoms with Crippen molar-refractivity contribution in [2.75, 3.05) is 19.0 Å². The molecule has 0 unspecified atom stereocenters. The summed E-state index contributed by atoms with van der Waals surface area (Å²) < 4.78 is 10.1. The van der Waals surface area contributed by atoms with Crippen LogP contribution in [0, 0.1) is 0 Å². The first-order valence-electron chi connectivity index (χ1n) is 8.08. The van der Waals surface area contributed by atoms with E-state index in [1.54, 1.807) is 48.5 Å². The molecular weight excluding hydrogens is 372 g/mol. The van der Waals surface area contributed by atoms with Crippen molar-refractivity contribution in [3.63, 3.8) is 0 Å². The number of anilines is 1. The van der Waals surface area contributed by atoms with Crippen molar-refractivity contribution in [3.8, 4) is 5.75 Å². The first kappa shape index (κ1) is 20.3. The standard InChI is InChI=1S/C19H19ClN2O5/c1-12(18(24)22-14-9-7-13(20)8-10-14)27-17(23)11-21-19(25)15-5-3-4-6-16(15)26-2/h3-10,12H,11H2,1-2H3,(H,21,25)(H,22,24)/t12-/m0/s1. The van der Waals surface area contributed by atoms with Crippen LogP contribution in [0.25, 0.3) is 0 Å². The number of methoxy groups -OCH3 is 1. The van der Waals surface area contributed by atoms with E-state index in [-0.39, 0.29) is 6.54 Å². The summed E-state index contributed by atoms with van der Waals surface area (Å²) in [5, 5.41) is 5.58. The molecule has 0 aromatic heterocycles. The van der Waals surface area contributed by atoms with Crippen molar-refractivity contribution in [2.45, 2.75) is 13.0 Å². The summed E-state index contributed by atoms with van der Waals surface area (Å²) in [6.45, 7) is 1.06. The smallest absolute Gasteiger partial charge is 0.326 e. The molecule has 0 radical (unpaired) electrons. The molecule has 0 saturated heterocycles. The molecule has 2 N–H and O–H groups in total. The van der Waals surface area contributed by atoms with E-state index in [1.165, 1.54) is 14.0 Å². The second-order valence-corrected chi connectivity index (χ2v) is 5.95. The van der Waals surface area contributed by atoms with Gasteiger partial charge in [-0.3, -0.25) is 14.4 Å². The Balaban J connectivity index is 1.83. The van der Waals surface area contributed by atoms with Crippen LogP contribution in [-0.2, 0) is 14.3 Å². The summed E-state index contributed by atoms with van der Waals surface area (Å²) in [5.74, 6) is -1.33. The van der Waals surface area contributed by atoms with Gasteiger partial charge in [0.15, 0.2) is 6.10 Å². The first-order valence-corrected chi connectivity index (χ1v) is 8.45. The van der Waals surface area contributed by atoms with Gasteiger partial charge in [0.05, 0.1) is 12.7 Å². The molecule has 142 valence electrons. The molecule has 1 atom stereocenters. The summed E-state index contributed by atoms with van der Waals surface area (Å²) >= 11 is 5.78. The van der Waals surface area contributed by atoms with Crippen LogP contribution in [0.15, 0.2) is 48.5 Å². The third-order valence-corrected chi connectivity index (χ3v) is 3.79. The predicted octanol–water partition coefficient (Wildman–Crippen LogP) is 2.65. The van der Waals surface area contributed by atoms with Gasteiger partial charge in [-0.25, -0.2) is 0 Å². The molecule has 2 amide bonds. The maximum Gasteiger partial charge on any atom is 0.326 e. The topological polar surface area (TPSA) is 93.7 Å². The van der Waals surface area contributed by atoms with E-state index in [4.69, 9.17) is 21.1 Å². The number of nitrogens with one attached hydrogen (secondary N) is 2. The number of carbonyl (C=O) groups excluding carboxylic acids is 3. The van der Waals surface area contributed by atoms with Gasteiger partial charge in [-0.15, -0.1) is 0 Å². The minimum Gasteiger partial charge on any atom is -0.496 e. The van der Waals surface area contributed by atoms with Crippen molar-refractivity contribution >= 4 is 35.1 Å². The minimum atomic E-state index is -1.03. The van der Waals surface area contributed by atoms with Crippen LogP contribution in [0.3, 0.4) is 0 Å². The molecule has 0 aliphatic carbocycles. The molecule has 2 aromatic rings. The van der Waals surface area contributed by atoms with Crippen LogP contribution in [-0.4, -0.2) is 37.5 Å². The molecule has 0 fully saturated rings. The lowest BCUT2D eigenvalue weighted by molar-refractivity contribution is -0.152. The Morgan fingerprint density at radius 1 is 1.07 bits per heavy atom. The fourth-order valence-electron chi connectivity index (χ4n) is 2.15.